The summed E-state index contributed by atoms with van der Waals surface area (Å²) >= 11 is 0. The van der Waals surface area contributed by atoms with Crippen molar-refractivity contribution in [1.29, 1.82) is 0 Å². The van der Waals surface area contributed by atoms with Gasteiger partial charge in [-0.15, -0.1) is 5.10 Å². The molecule has 0 aliphatic carbocycles. The largest absolute Gasteiger partial charge is 0.497 e. The number of halogens is 3. The molecule has 0 fully saturated rings. The zero-order chi connectivity index (χ0) is 21.0. The third kappa shape index (κ3) is 5.05. The normalized spacial score (nSPS) is 11.5. The van der Waals surface area contributed by atoms with Crippen LogP contribution in [0.4, 0.5) is 24.7 Å². The molecule has 0 aliphatic heterocycles. The average Bonchev–Trinajstić information content (AvgIpc) is 3.08. The summed E-state index contributed by atoms with van der Waals surface area (Å²) in [4.78, 5) is 4.17. The molecule has 0 spiro atoms. The number of aromatic nitrogens is 3. The fraction of sp³-hybridized carbons (Fsp3) is 0.300. The van der Waals surface area contributed by atoms with Crippen LogP contribution in [0.25, 0.3) is 5.69 Å². The van der Waals surface area contributed by atoms with Crippen LogP contribution in [-0.2, 0) is 12.6 Å². The topological polar surface area (TPSA) is 72.2 Å². The summed E-state index contributed by atoms with van der Waals surface area (Å²) in [5.41, 5.74) is 1.79. The lowest BCUT2D eigenvalue weighted by Gasteiger charge is -2.12. The van der Waals surface area contributed by atoms with E-state index in [-0.39, 0.29) is 18.0 Å². The van der Waals surface area contributed by atoms with Crippen LogP contribution in [-0.4, -0.2) is 33.6 Å². The Morgan fingerprint density at radius 3 is 2.62 bits per heavy atom. The number of nitrogens with zero attached hydrogens (tertiary/aromatic N) is 3. The number of benzene rings is 1. The van der Waals surface area contributed by atoms with Crippen LogP contribution >= 0.6 is 0 Å². The first-order valence-corrected chi connectivity index (χ1v) is 8.96. The molecule has 2 N–H and O–H groups in total. The second-order valence-electron chi connectivity index (χ2n) is 6.49. The second kappa shape index (κ2) is 8.52. The summed E-state index contributed by atoms with van der Waals surface area (Å²) in [6.45, 7) is 1.88. The molecule has 0 unspecified atom stereocenters. The van der Waals surface area contributed by atoms with Gasteiger partial charge in [0.1, 0.15) is 5.75 Å². The van der Waals surface area contributed by atoms with E-state index < -0.39 is 11.7 Å². The van der Waals surface area contributed by atoms with E-state index in [0.717, 1.165) is 29.2 Å². The summed E-state index contributed by atoms with van der Waals surface area (Å²) < 4.78 is 46.2. The third-order valence-corrected chi connectivity index (χ3v) is 4.24. The number of alkyl halides is 3. The Morgan fingerprint density at radius 1 is 1.17 bits per heavy atom. The highest BCUT2D eigenvalue weighted by Crippen LogP contribution is 2.35. The zero-order valence-corrected chi connectivity index (χ0v) is 16.0. The summed E-state index contributed by atoms with van der Waals surface area (Å²) in [6, 6.07) is 8.81. The van der Waals surface area contributed by atoms with E-state index in [0.29, 0.717) is 18.7 Å². The molecule has 6 nitrogen and oxygen atoms in total. The van der Waals surface area contributed by atoms with Crippen LogP contribution in [0.5, 0.6) is 5.75 Å². The minimum absolute atomic E-state index is 0.0220. The molecule has 0 saturated carbocycles. The number of ether oxygens (including phenoxy) is 1. The van der Waals surface area contributed by atoms with Gasteiger partial charge in [-0.2, -0.15) is 13.2 Å². The number of aliphatic hydroxyl groups is 1. The van der Waals surface area contributed by atoms with Crippen LogP contribution in [0.2, 0.25) is 0 Å². The number of pyridine rings is 1. The quantitative estimate of drug-likeness (QED) is 0.613. The molecule has 0 radical (unpaired) electrons. The predicted octanol–water partition coefficient (Wildman–Crippen LogP) is 4.27. The number of hydrogen-bond acceptors (Lipinski definition) is 5. The smallest absolute Gasteiger partial charge is 0.416 e. The van der Waals surface area contributed by atoms with Crippen molar-refractivity contribution in [2.45, 2.75) is 25.9 Å². The molecule has 1 aromatic carbocycles. The number of aliphatic hydroxyl groups excluding tert-OH is 1. The maximum absolute atomic E-state index is 13.2. The SMILES string of the molecule is COc1cc(Nc2cc(CCCO)n(-c3ccnc(C)c3)n2)cc(C(F)(F)F)c1. The van der Waals surface area contributed by atoms with Crippen molar-refractivity contribution in [3.63, 3.8) is 0 Å². The van der Waals surface area contributed by atoms with Crippen molar-refractivity contribution in [3.8, 4) is 11.4 Å². The predicted molar refractivity (Wildman–Crippen MR) is 103 cm³/mol. The van der Waals surface area contributed by atoms with Gasteiger partial charge in [0.05, 0.1) is 18.4 Å². The van der Waals surface area contributed by atoms with Gasteiger partial charge in [0.15, 0.2) is 5.82 Å². The van der Waals surface area contributed by atoms with Crippen molar-refractivity contribution >= 4 is 11.5 Å². The third-order valence-electron chi connectivity index (χ3n) is 4.24. The molecular formula is C20H21F3N4O2. The second-order valence-corrected chi connectivity index (χ2v) is 6.49. The molecule has 2 heterocycles. The molecule has 0 saturated heterocycles. The number of methoxy groups -OCH3 is 1. The van der Waals surface area contributed by atoms with Crippen molar-refractivity contribution in [3.05, 3.63) is 59.5 Å². The molecule has 9 heteroatoms. The highest BCUT2D eigenvalue weighted by atomic mass is 19.4. The van der Waals surface area contributed by atoms with Crippen LogP contribution in [0, 0.1) is 6.92 Å². The molecule has 154 valence electrons. The minimum Gasteiger partial charge on any atom is -0.497 e. The van der Waals surface area contributed by atoms with Crippen LogP contribution in [0.15, 0.2) is 42.6 Å². The number of hydrogen-bond donors (Lipinski definition) is 2. The molecule has 0 atom stereocenters. The van der Waals surface area contributed by atoms with Gasteiger partial charge in [-0.1, -0.05) is 0 Å². The highest BCUT2D eigenvalue weighted by Gasteiger charge is 2.31. The molecule has 3 rings (SSSR count). The Bertz CT molecular complexity index is 986. The molecule has 3 aromatic rings. The van der Waals surface area contributed by atoms with Crippen LogP contribution in [0.3, 0.4) is 0 Å². The number of anilines is 2. The Hall–Kier alpha value is -3.07. The van der Waals surface area contributed by atoms with Gasteiger partial charge in [-0.3, -0.25) is 4.98 Å². The Labute approximate surface area is 166 Å². The lowest BCUT2D eigenvalue weighted by molar-refractivity contribution is -0.137. The molecule has 29 heavy (non-hydrogen) atoms. The van der Waals surface area contributed by atoms with Crippen molar-refractivity contribution in [2.24, 2.45) is 0 Å². The van der Waals surface area contributed by atoms with Crippen LogP contribution < -0.4 is 10.1 Å². The van der Waals surface area contributed by atoms with Gasteiger partial charge >= 0.3 is 6.18 Å². The average molecular weight is 406 g/mol. The maximum Gasteiger partial charge on any atom is 0.416 e. The lowest BCUT2D eigenvalue weighted by atomic mass is 10.1. The lowest BCUT2D eigenvalue weighted by Crippen LogP contribution is -2.06. The zero-order valence-electron chi connectivity index (χ0n) is 16.0. The van der Waals surface area contributed by atoms with E-state index in [1.54, 1.807) is 23.0 Å². The maximum atomic E-state index is 13.2. The first kappa shape index (κ1) is 20.7. The van der Waals surface area contributed by atoms with Crippen molar-refractivity contribution in [2.75, 3.05) is 19.0 Å². The van der Waals surface area contributed by atoms with Gasteiger partial charge in [-0.05, 0) is 44.0 Å². The van der Waals surface area contributed by atoms with E-state index in [1.165, 1.54) is 13.2 Å². The number of rotatable bonds is 7. The standard InChI is InChI=1S/C20H21F3N4O2/c1-13-8-17(5-6-24-13)27-16(4-3-7-28)12-19(26-27)25-15-9-14(20(21,22)23)10-18(11-15)29-2/h5-6,8-12,28H,3-4,7H2,1-2H3,(H,25,26). The minimum atomic E-state index is -4.49. The van der Waals surface area contributed by atoms with E-state index in [1.807, 2.05) is 13.0 Å². The van der Waals surface area contributed by atoms with Gasteiger partial charge in [0.25, 0.3) is 0 Å². The van der Waals surface area contributed by atoms with Crippen molar-refractivity contribution in [1.82, 2.24) is 14.8 Å². The summed E-state index contributed by atoms with van der Waals surface area (Å²) in [6.07, 6.45) is -1.75. The summed E-state index contributed by atoms with van der Waals surface area (Å²) in [5, 5.41) is 16.6. The number of nitrogens with one attached hydrogen (secondary N) is 1. The monoisotopic (exact) mass is 406 g/mol. The summed E-state index contributed by atoms with van der Waals surface area (Å²) in [7, 11) is 1.31. The van der Waals surface area contributed by atoms with Gasteiger partial charge in [0.2, 0.25) is 0 Å². The number of aryl methyl sites for hydroxylation is 2. The van der Waals surface area contributed by atoms with Crippen molar-refractivity contribution < 1.29 is 23.0 Å². The van der Waals surface area contributed by atoms with E-state index in [2.05, 4.69) is 15.4 Å². The van der Waals surface area contributed by atoms with E-state index in [9.17, 15) is 13.2 Å². The van der Waals surface area contributed by atoms with Gasteiger partial charge in [-0.25, -0.2) is 4.68 Å². The highest BCUT2D eigenvalue weighted by molar-refractivity contribution is 5.61. The first-order valence-electron chi connectivity index (χ1n) is 8.96. The van der Waals surface area contributed by atoms with Crippen LogP contribution in [0.1, 0.15) is 23.4 Å². The van der Waals surface area contributed by atoms with E-state index >= 15 is 0 Å². The first-order chi connectivity index (χ1) is 13.8. The Balaban J connectivity index is 1.97. The Kier molecular flexibility index (Phi) is 6.07. The van der Waals surface area contributed by atoms with E-state index in [4.69, 9.17) is 9.84 Å². The Morgan fingerprint density at radius 2 is 1.97 bits per heavy atom. The fourth-order valence-corrected chi connectivity index (χ4v) is 2.91. The summed E-state index contributed by atoms with van der Waals surface area (Å²) in [5.74, 6) is 0.473. The molecule has 2 aromatic heterocycles. The fourth-order valence-electron chi connectivity index (χ4n) is 2.91. The van der Waals surface area contributed by atoms with Gasteiger partial charge in [0, 0.05) is 42.0 Å². The van der Waals surface area contributed by atoms with Gasteiger partial charge < -0.3 is 15.2 Å². The molecule has 0 amide bonds. The molecule has 0 aliphatic rings. The molecular weight excluding hydrogens is 385 g/mol. The molecule has 0 bridgehead atoms.